The highest BCUT2D eigenvalue weighted by Gasteiger charge is 2.59. The van der Waals surface area contributed by atoms with Gasteiger partial charge in [0.1, 0.15) is 0 Å². The quantitative estimate of drug-likeness (QED) is 0.631. The number of carboxylic acid groups (broad SMARTS) is 1. The van der Waals surface area contributed by atoms with Gasteiger partial charge in [0, 0.05) is 17.6 Å². The zero-order chi connectivity index (χ0) is 19.7. The van der Waals surface area contributed by atoms with Crippen LogP contribution in [-0.2, 0) is 11.3 Å². The van der Waals surface area contributed by atoms with Gasteiger partial charge in [-0.05, 0) is 66.2 Å². The van der Waals surface area contributed by atoms with Crippen molar-refractivity contribution in [3.8, 4) is 0 Å². The molecule has 3 nitrogen and oxygen atoms in total. The lowest BCUT2D eigenvalue weighted by molar-refractivity contribution is -0.140. The minimum atomic E-state index is -0.679. The van der Waals surface area contributed by atoms with Crippen molar-refractivity contribution in [1.29, 1.82) is 0 Å². The third kappa shape index (κ3) is 3.97. The molecule has 6 atom stereocenters. The highest BCUT2D eigenvalue weighted by molar-refractivity contribution is 6.30. The van der Waals surface area contributed by atoms with E-state index in [0.29, 0.717) is 23.8 Å². The van der Waals surface area contributed by atoms with Crippen LogP contribution in [0.15, 0.2) is 54.6 Å². The Morgan fingerprint density at radius 2 is 1.75 bits per heavy atom. The van der Waals surface area contributed by atoms with Crippen molar-refractivity contribution in [2.24, 2.45) is 23.7 Å². The summed E-state index contributed by atoms with van der Waals surface area (Å²) in [4.78, 5) is 11.9. The summed E-state index contributed by atoms with van der Waals surface area (Å²) in [5, 5.41) is 14.3. The molecule has 4 unspecified atom stereocenters. The summed E-state index contributed by atoms with van der Waals surface area (Å²) in [6, 6.07) is 18.3. The van der Waals surface area contributed by atoms with Crippen molar-refractivity contribution < 1.29 is 9.90 Å². The summed E-state index contributed by atoms with van der Waals surface area (Å²) in [6.45, 7) is 3.10. The number of fused-ring (bicyclic) bond motifs is 1. The summed E-state index contributed by atoms with van der Waals surface area (Å²) in [5.41, 5.74) is 2.20. The third-order valence-corrected chi connectivity index (χ3v) is 7.08. The highest BCUT2D eigenvalue weighted by atomic mass is 35.5. The Morgan fingerprint density at radius 1 is 1.11 bits per heavy atom. The number of hydrogen-bond donors (Lipinski definition) is 2. The van der Waals surface area contributed by atoms with Crippen molar-refractivity contribution in [1.82, 2.24) is 5.32 Å². The first-order valence-corrected chi connectivity index (χ1v) is 10.7. The maximum absolute atomic E-state index is 11.9. The minimum Gasteiger partial charge on any atom is -0.481 e. The molecule has 0 bridgehead atoms. The van der Waals surface area contributed by atoms with E-state index in [-0.39, 0.29) is 11.8 Å². The molecule has 0 amide bonds. The van der Waals surface area contributed by atoms with Crippen LogP contribution < -0.4 is 5.32 Å². The number of aliphatic carboxylic acids is 1. The topological polar surface area (TPSA) is 49.3 Å². The first-order valence-electron chi connectivity index (χ1n) is 10.3. The second kappa shape index (κ2) is 8.26. The molecule has 2 saturated carbocycles. The van der Waals surface area contributed by atoms with Crippen LogP contribution >= 0.6 is 11.6 Å². The molecule has 148 valence electrons. The molecule has 2 aromatic rings. The number of hydrogen-bond acceptors (Lipinski definition) is 2. The molecule has 0 saturated heterocycles. The first kappa shape index (κ1) is 19.5. The number of benzene rings is 2. The molecule has 0 heterocycles. The van der Waals surface area contributed by atoms with Crippen LogP contribution in [0.3, 0.4) is 0 Å². The Kier molecular flexibility index (Phi) is 5.75. The fourth-order valence-corrected chi connectivity index (χ4v) is 5.61. The van der Waals surface area contributed by atoms with Gasteiger partial charge < -0.3 is 10.4 Å². The van der Waals surface area contributed by atoms with Crippen LogP contribution in [0.25, 0.3) is 0 Å². The van der Waals surface area contributed by atoms with Crippen LogP contribution in [0.5, 0.6) is 0 Å². The number of carboxylic acids is 1. The zero-order valence-corrected chi connectivity index (χ0v) is 17.0. The van der Waals surface area contributed by atoms with E-state index in [1.165, 1.54) is 5.56 Å². The van der Waals surface area contributed by atoms with E-state index in [1.54, 1.807) is 0 Å². The molecule has 28 heavy (non-hydrogen) atoms. The van der Waals surface area contributed by atoms with Gasteiger partial charge in [0.15, 0.2) is 0 Å². The van der Waals surface area contributed by atoms with E-state index in [4.69, 9.17) is 11.6 Å². The van der Waals surface area contributed by atoms with E-state index in [0.717, 1.165) is 36.4 Å². The summed E-state index contributed by atoms with van der Waals surface area (Å²) in [5.74, 6) is 1.27. The van der Waals surface area contributed by atoms with Gasteiger partial charge in [-0.1, -0.05) is 61.0 Å². The van der Waals surface area contributed by atoms with Crippen molar-refractivity contribution in [2.45, 2.75) is 44.7 Å². The Hall–Kier alpha value is -1.84. The molecule has 4 rings (SSSR count). The van der Waals surface area contributed by atoms with Crippen LogP contribution in [0, 0.1) is 23.7 Å². The van der Waals surface area contributed by atoms with Crippen LogP contribution in [0.1, 0.15) is 43.2 Å². The van der Waals surface area contributed by atoms with Crippen LogP contribution in [0.2, 0.25) is 5.02 Å². The molecular formula is C24H28ClNO2. The van der Waals surface area contributed by atoms with Gasteiger partial charge in [-0.3, -0.25) is 4.79 Å². The maximum atomic E-state index is 11.9. The number of carbonyl (C=O) groups is 1. The van der Waals surface area contributed by atoms with Gasteiger partial charge >= 0.3 is 5.97 Å². The second-order valence-electron chi connectivity index (χ2n) is 8.39. The summed E-state index contributed by atoms with van der Waals surface area (Å²) < 4.78 is 0. The Balaban J connectivity index is 1.35. The second-order valence-corrected chi connectivity index (χ2v) is 8.82. The van der Waals surface area contributed by atoms with Crippen molar-refractivity contribution >= 4 is 17.6 Å². The molecule has 0 aromatic heterocycles. The normalized spacial score (nSPS) is 27.8. The van der Waals surface area contributed by atoms with Gasteiger partial charge in [-0.25, -0.2) is 0 Å². The molecule has 2 N–H and O–H groups in total. The first-order chi connectivity index (χ1) is 13.6. The summed E-state index contributed by atoms with van der Waals surface area (Å²) >= 11 is 5.97. The number of halogens is 1. The van der Waals surface area contributed by atoms with E-state index in [2.05, 4.69) is 24.4 Å². The van der Waals surface area contributed by atoms with Gasteiger partial charge in [0.25, 0.3) is 0 Å². The van der Waals surface area contributed by atoms with Gasteiger partial charge in [0.2, 0.25) is 0 Å². The van der Waals surface area contributed by atoms with Gasteiger partial charge in [-0.15, -0.1) is 0 Å². The van der Waals surface area contributed by atoms with Crippen molar-refractivity contribution in [3.05, 3.63) is 70.7 Å². The Labute approximate surface area is 172 Å². The third-order valence-electron chi connectivity index (χ3n) is 6.83. The van der Waals surface area contributed by atoms with Gasteiger partial charge in [-0.2, -0.15) is 0 Å². The lowest BCUT2D eigenvalue weighted by Gasteiger charge is -2.25. The lowest BCUT2D eigenvalue weighted by Crippen LogP contribution is -2.32. The number of nitrogens with one attached hydrogen (secondary N) is 1. The number of rotatable bonds is 8. The highest BCUT2D eigenvalue weighted by Crippen LogP contribution is 2.63. The van der Waals surface area contributed by atoms with E-state index in [1.807, 2.05) is 42.5 Å². The SMILES string of the molecule is CCC(NCc1ccc(Cl)cc1)C1[C@H]2CC(C(C(=O)O)c3ccccc3)C[C@@H]12. The zero-order valence-electron chi connectivity index (χ0n) is 16.2. The van der Waals surface area contributed by atoms with E-state index < -0.39 is 5.97 Å². The molecule has 2 aromatic carbocycles. The van der Waals surface area contributed by atoms with Crippen LogP contribution in [0.4, 0.5) is 0 Å². The summed E-state index contributed by atoms with van der Waals surface area (Å²) in [6.07, 6.45) is 3.19. The van der Waals surface area contributed by atoms with Gasteiger partial charge in [0.05, 0.1) is 5.92 Å². The predicted molar refractivity (Wildman–Crippen MR) is 112 cm³/mol. The fraction of sp³-hybridized carbons (Fsp3) is 0.458. The Morgan fingerprint density at radius 3 is 2.32 bits per heavy atom. The minimum absolute atomic E-state index is 0.264. The molecule has 2 aliphatic carbocycles. The molecule has 2 fully saturated rings. The molecule has 0 radical (unpaired) electrons. The standard InChI is InChI=1S/C24H28ClNO2/c1-2-21(26-14-15-8-10-18(25)11-9-15)23-19-12-17(13-20(19)23)22(24(27)28)16-6-4-3-5-7-16/h3-11,17,19-23,26H,2,12-14H2,1H3,(H,27,28)/t17?,19-,20+,21?,22?,23?. The lowest BCUT2D eigenvalue weighted by atomic mass is 9.81. The molecule has 4 heteroatoms. The monoisotopic (exact) mass is 397 g/mol. The Bertz CT molecular complexity index is 795. The smallest absolute Gasteiger partial charge is 0.311 e. The van der Waals surface area contributed by atoms with Crippen molar-refractivity contribution in [3.63, 3.8) is 0 Å². The maximum Gasteiger partial charge on any atom is 0.311 e. The largest absolute Gasteiger partial charge is 0.481 e. The summed E-state index contributed by atoms with van der Waals surface area (Å²) in [7, 11) is 0. The predicted octanol–water partition coefficient (Wildman–Crippen LogP) is 5.35. The molecule has 0 spiro atoms. The average Bonchev–Trinajstić information content (AvgIpc) is 3.17. The van der Waals surface area contributed by atoms with E-state index in [9.17, 15) is 9.90 Å². The van der Waals surface area contributed by atoms with Crippen molar-refractivity contribution in [2.75, 3.05) is 0 Å². The molecular weight excluding hydrogens is 370 g/mol. The molecule has 2 aliphatic rings. The van der Waals surface area contributed by atoms with Crippen LogP contribution in [-0.4, -0.2) is 17.1 Å². The fourth-order valence-electron chi connectivity index (χ4n) is 5.48. The molecule has 0 aliphatic heterocycles. The average molecular weight is 398 g/mol. The van der Waals surface area contributed by atoms with E-state index >= 15 is 0 Å².